The molecule has 0 radical (unpaired) electrons. The number of amides is 2. The average Bonchev–Trinajstić information content (AvgIpc) is 2.78. The maximum atomic E-state index is 12.3. The lowest BCUT2D eigenvalue weighted by molar-refractivity contribution is -0.153. The van der Waals surface area contributed by atoms with Gasteiger partial charge in [-0.25, -0.2) is 9.97 Å². The van der Waals surface area contributed by atoms with Crippen LogP contribution in [0.15, 0.2) is 42.7 Å². The lowest BCUT2D eigenvalue weighted by Gasteiger charge is -2.34. The Balaban J connectivity index is 1.58. The highest BCUT2D eigenvalue weighted by molar-refractivity contribution is 5.90. The van der Waals surface area contributed by atoms with Crippen molar-refractivity contribution < 1.29 is 19.8 Å². The summed E-state index contributed by atoms with van der Waals surface area (Å²) in [5.74, 6) is -0.418. The van der Waals surface area contributed by atoms with Crippen molar-refractivity contribution in [3.63, 3.8) is 0 Å². The molecule has 28 heavy (non-hydrogen) atoms. The highest BCUT2D eigenvalue weighted by atomic mass is 16.3. The molecule has 0 bridgehead atoms. The quantitative estimate of drug-likeness (QED) is 0.684. The fourth-order valence-corrected chi connectivity index (χ4v) is 3.40. The number of nitrogens with one attached hydrogen (secondary N) is 1. The molecule has 0 aliphatic carbocycles. The largest absolute Gasteiger partial charge is 0.380 e. The maximum Gasteiger partial charge on any atom is 0.254 e. The Morgan fingerprint density at radius 3 is 2.25 bits per heavy atom. The minimum absolute atomic E-state index is 0.302. The lowest BCUT2D eigenvalue weighted by atomic mass is 9.88. The molecule has 1 saturated heterocycles. The van der Waals surface area contributed by atoms with Crippen molar-refractivity contribution in [3.05, 3.63) is 48.3 Å². The number of carbonyl (C=O) groups is 2. The van der Waals surface area contributed by atoms with Crippen LogP contribution in [0.2, 0.25) is 0 Å². The number of aromatic nitrogens is 2. The third-order valence-corrected chi connectivity index (χ3v) is 5.08. The fraction of sp³-hybridized carbons (Fsp3) is 0.400. The summed E-state index contributed by atoms with van der Waals surface area (Å²) >= 11 is 0. The number of nitrogens with zero attached hydrogens (tertiary/aromatic N) is 3. The van der Waals surface area contributed by atoms with Crippen LogP contribution in [0.25, 0.3) is 11.4 Å². The second-order valence-corrected chi connectivity index (χ2v) is 6.80. The lowest BCUT2D eigenvalue weighted by Crippen LogP contribution is -2.51. The van der Waals surface area contributed by atoms with E-state index in [1.807, 2.05) is 12.1 Å². The monoisotopic (exact) mass is 384 g/mol. The van der Waals surface area contributed by atoms with Gasteiger partial charge in [-0.2, -0.15) is 0 Å². The normalized spacial score (nSPS) is 17.0. The van der Waals surface area contributed by atoms with Gasteiger partial charge < -0.3 is 20.4 Å². The van der Waals surface area contributed by atoms with Crippen LogP contribution < -0.4 is 5.32 Å². The van der Waals surface area contributed by atoms with Gasteiger partial charge >= 0.3 is 0 Å². The van der Waals surface area contributed by atoms with E-state index < -0.39 is 24.0 Å². The van der Waals surface area contributed by atoms with Gasteiger partial charge in [-0.05, 0) is 30.4 Å². The number of carbonyl (C=O) groups excluding carboxylic acids is 2. The molecular formula is C20H24N4O4. The standard InChI is InChI=1S/C20H24N4O4/c1-21-19(27)16(25)17(26)20(28)24-11-7-14(8-12-24)13-3-5-15(6-4-13)18-22-9-2-10-23-18/h2-6,9-10,14,16-17,25-26H,7-8,11-12H2,1H3,(H,21,27). The number of piperidine rings is 1. The molecule has 8 nitrogen and oxygen atoms in total. The molecule has 1 aliphatic heterocycles. The molecule has 2 amide bonds. The van der Waals surface area contributed by atoms with E-state index in [0.717, 1.165) is 18.4 Å². The van der Waals surface area contributed by atoms with Gasteiger partial charge in [0.1, 0.15) is 0 Å². The molecule has 2 heterocycles. The van der Waals surface area contributed by atoms with Crippen LogP contribution in [0.3, 0.4) is 0 Å². The highest BCUT2D eigenvalue weighted by Crippen LogP contribution is 2.29. The van der Waals surface area contributed by atoms with Gasteiger partial charge in [-0.1, -0.05) is 24.3 Å². The third kappa shape index (κ3) is 4.35. The van der Waals surface area contributed by atoms with E-state index in [9.17, 15) is 19.8 Å². The van der Waals surface area contributed by atoms with Gasteiger partial charge in [-0.3, -0.25) is 9.59 Å². The average molecular weight is 384 g/mol. The maximum absolute atomic E-state index is 12.3. The number of hydrogen-bond donors (Lipinski definition) is 3. The number of likely N-dealkylation sites (N-methyl/N-ethyl adjacent to an activating group) is 1. The zero-order valence-corrected chi connectivity index (χ0v) is 15.7. The molecule has 1 aromatic carbocycles. The first-order valence-corrected chi connectivity index (χ1v) is 9.25. The molecule has 8 heteroatoms. The molecule has 1 fully saturated rings. The van der Waals surface area contributed by atoms with Gasteiger partial charge in [0.15, 0.2) is 18.0 Å². The SMILES string of the molecule is CNC(=O)C(O)C(O)C(=O)N1CCC(c2ccc(-c3ncccn3)cc2)CC1. The van der Waals surface area contributed by atoms with Crippen molar-refractivity contribution in [2.24, 2.45) is 0 Å². The Hall–Kier alpha value is -2.84. The molecule has 3 rings (SSSR count). The summed E-state index contributed by atoms with van der Waals surface area (Å²) in [6.45, 7) is 0.926. The predicted molar refractivity (Wildman–Crippen MR) is 102 cm³/mol. The molecule has 1 aliphatic rings. The number of aliphatic hydroxyl groups excluding tert-OH is 2. The molecule has 2 atom stereocenters. The Kier molecular flexibility index (Phi) is 6.33. The Morgan fingerprint density at radius 2 is 1.68 bits per heavy atom. The second-order valence-electron chi connectivity index (χ2n) is 6.80. The topological polar surface area (TPSA) is 116 Å². The Bertz CT molecular complexity index is 805. The van der Waals surface area contributed by atoms with Crippen LogP contribution in [0.1, 0.15) is 24.3 Å². The van der Waals surface area contributed by atoms with Crippen LogP contribution in [-0.2, 0) is 9.59 Å². The molecule has 0 saturated carbocycles. The van der Waals surface area contributed by atoms with Crippen molar-refractivity contribution in [3.8, 4) is 11.4 Å². The Morgan fingerprint density at radius 1 is 1.07 bits per heavy atom. The molecular weight excluding hydrogens is 360 g/mol. The van der Waals surface area contributed by atoms with E-state index in [2.05, 4.69) is 27.4 Å². The van der Waals surface area contributed by atoms with Crippen molar-refractivity contribution >= 4 is 11.8 Å². The number of aliphatic hydroxyl groups is 2. The van der Waals surface area contributed by atoms with Crippen LogP contribution >= 0.6 is 0 Å². The smallest absolute Gasteiger partial charge is 0.254 e. The van der Waals surface area contributed by atoms with Crippen LogP contribution in [-0.4, -0.2) is 69.2 Å². The van der Waals surface area contributed by atoms with Crippen LogP contribution in [0.4, 0.5) is 0 Å². The number of rotatable bonds is 5. The zero-order chi connectivity index (χ0) is 20.1. The van der Waals surface area contributed by atoms with E-state index >= 15 is 0 Å². The number of benzene rings is 1. The number of hydrogen-bond acceptors (Lipinski definition) is 6. The summed E-state index contributed by atoms with van der Waals surface area (Å²) in [6.07, 6.45) is 1.40. The first-order valence-electron chi connectivity index (χ1n) is 9.25. The van der Waals surface area contributed by atoms with Gasteiger partial charge in [0.05, 0.1) is 0 Å². The van der Waals surface area contributed by atoms with E-state index in [0.29, 0.717) is 24.8 Å². The van der Waals surface area contributed by atoms with Crippen LogP contribution in [0.5, 0.6) is 0 Å². The molecule has 2 unspecified atom stereocenters. The second kappa shape index (κ2) is 8.90. The van der Waals surface area contributed by atoms with Gasteiger partial charge in [0.2, 0.25) is 0 Å². The first-order chi connectivity index (χ1) is 13.5. The van der Waals surface area contributed by atoms with E-state index in [1.165, 1.54) is 17.5 Å². The zero-order valence-electron chi connectivity index (χ0n) is 15.7. The molecule has 2 aromatic rings. The van der Waals surface area contributed by atoms with Crippen molar-refractivity contribution in [1.29, 1.82) is 0 Å². The fourth-order valence-electron chi connectivity index (χ4n) is 3.40. The molecule has 3 N–H and O–H groups in total. The van der Waals surface area contributed by atoms with E-state index in [4.69, 9.17) is 0 Å². The predicted octanol–water partition coefficient (Wildman–Crippen LogP) is 0.317. The molecule has 148 valence electrons. The van der Waals surface area contributed by atoms with Crippen molar-refractivity contribution in [2.75, 3.05) is 20.1 Å². The Labute approximate surface area is 163 Å². The van der Waals surface area contributed by atoms with Gasteiger partial charge in [-0.15, -0.1) is 0 Å². The molecule has 1 aromatic heterocycles. The van der Waals surface area contributed by atoms with Gasteiger partial charge in [0, 0.05) is 38.1 Å². The highest BCUT2D eigenvalue weighted by Gasteiger charge is 2.34. The van der Waals surface area contributed by atoms with Crippen molar-refractivity contribution in [1.82, 2.24) is 20.2 Å². The summed E-state index contributed by atoms with van der Waals surface area (Å²) in [5.41, 5.74) is 2.13. The summed E-state index contributed by atoms with van der Waals surface area (Å²) in [5, 5.41) is 21.9. The van der Waals surface area contributed by atoms with E-state index in [-0.39, 0.29) is 0 Å². The van der Waals surface area contributed by atoms with Gasteiger partial charge in [0.25, 0.3) is 11.8 Å². The number of likely N-dealkylation sites (tertiary alicyclic amines) is 1. The van der Waals surface area contributed by atoms with Crippen LogP contribution in [0, 0.1) is 0 Å². The summed E-state index contributed by atoms with van der Waals surface area (Å²) in [7, 11) is 1.34. The van der Waals surface area contributed by atoms with Crippen molar-refractivity contribution in [2.45, 2.75) is 31.0 Å². The summed E-state index contributed by atoms with van der Waals surface area (Å²) < 4.78 is 0. The first kappa shape index (κ1) is 19.9. The summed E-state index contributed by atoms with van der Waals surface area (Å²) in [4.78, 5) is 33.7. The molecule has 0 spiro atoms. The minimum Gasteiger partial charge on any atom is -0.380 e. The van der Waals surface area contributed by atoms with E-state index in [1.54, 1.807) is 18.5 Å². The third-order valence-electron chi connectivity index (χ3n) is 5.08. The summed E-state index contributed by atoms with van der Waals surface area (Å²) in [6, 6.07) is 9.87. The minimum atomic E-state index is -1.76.